The number of anilines is 1. The van der Waals surface area contributed by atoms with Gasteiger partial charge in [0.05, 0.1) is 5.56 Å². The third-order valence-corrected chi connectivity index (χ3v) is 2.64. The summed E-state index contributed by atoms with van der Waals surface area (Å²) in [5.41, 5.74) is 1.62. The number of ether oxygens (including phenoxy) is 1. The molecule has 0 aromatic heterocycles. The van der Waals surface area contributed by atoms with Crippen LogP contribution >= 0.6 is 0 Å². The van der Waals surface area contributed by atoms with Crippen LogP contribution in [-0.4, -0.2) is 17.8 Å². The van der Waals surface area contributed by atoms with Crippen molar-refractivity contribution in [2.24, 2.45) is 0 Å². The standard InChI is InChI=1S/C16H13NO3/c1-2-12-6-5-7-13(10-12)17-16(19)14-8-3-4-9-15(14)20-11-18/h1,3-10,18H,11H2,(H,17,19). The van der Waals surface area contributed by atoms with Crippen molar-refractivity contribution < 1.29 is 14.6 Å². The van der Waals surface area contributed by atoms with E-state index in [0.717, 1.165) is 0 Å². The highest BCUT2D eigenvalue weighted by molar-refractivity contribution is 6.06. The maximum atomic E-state index is 12.2. The molecule has 2 aromatic carbocycles. The van der Waals surface area contributed by atoms with Crippen molar-refractivity contribution in [1.82, 2.24) is 0 Å². The van der Waals surface area contributed by atoms with Crippen LogP contribution in [0.1, 0.15) is 15.9 Å². The number of terminal acetylenes is 1. The monoisotopic (exact) mass is 267 g/mol. The van der Waals surface area contributed by atoms with Gasteiger partial charge in [-0.05, 0) is 30.3 Å². The lowest BCUT2D eigenvalue weighted by Crippen LogP contribution is -2.13. The Balaban J connectivity index is 2.22. The molecule has 0 heterocycles. The maximum absolute atomic E-state index is 12.2. The number of carbonyl (C=O) groups excluding carboxylic acids is 1. The third kappa shape index (κ3) is 3.16. The van der Waals surface area contributed by atoms with Gasteiger partial charge in [-0.1, -0.05) is 24.1 Å². The number of hydrogen-bond donors (Lipinski definition) is 2. The second kappa shape index (κ2) is 6.41. The SMILES string of the molecule is C#Cc1cccc(NC(=O)c2ccccc2OCO)c1. The quantitative estimate of drug-likeness (QED) is 0.660. The molecule has 4 heteroatoms. The summed E-state index contributed by atoms with van der Waals surface area (Å²) in [5.74, 6) is 2.49. The van der Waals surface area contributed by atoms with E-state index in [2.05, 4.69) is 11.2 Å². The van der Waals surface area contributed by atoms with E-state index in [1.54, 1.807) is 48.5 Å². The lowest BCUT2D eigenvalue weighted by molar-refractivity contribution is 0.0931. The summed E-state index contributed by atoms with van der Waals surface area (Å²) in [6.45, 7) is -0.489. The zero-order valence-electron chi connectivity index (χ0n) is 10.7. The van der Waals surface area contributed by atoms with Gasteiger partial charge in [-0.25, -0.2) is 0 Å². The molecule has 0 spiro atoms. The topological polar surface area (TPSA) is 58.6 Å². The highest BCUT2D eigenvalue weighted by atomic mass is 16.6. The van der Waals surface area contributed by atoms with Gasteiger partial charge in [-0.2, -0.15) is 0 Å². The molecule has 0 bridgehead atoms. The van der Waals surface area contributed by atoms with Crippen LogP contribution in [0.4, 0.5) is 5.69 Å². The number of aliphatic hydroxyl groups excluding tert-OH is 1. The van der Waals surface area contributed by atoms with E-state index in [1.165, 1.54) is 0 Å². The molecule has 100 valence electrons. The van der Waals surface area contributed by atoms with Crippen molar-refractivity contribution in [2.75, 3.05) is 12.1 Å². The van der Waals surface area contributed by atoms with E-state index < -0.39 is 6.79 Å². The molecule has 2 aromatic rings. The molecular weight excluding hydrogens is 254 g/mol. The van der Waals surface area contributed by atoms with Crippen LogP contribution in [0.2, 0.25) is 0 Å². The number of hydrogen-bond acceptors (Lipinski definition) is 3. The first-order valence-electron chi connectivity index (χ1n) is 5.95. The maximum Gasteiger partial charge on any atom is 0.259 e. The first kappa shape index (κ1) is 13.7. The molecule has 1 amide bonds. The summed E-state index contributed by atoms with van der Waals surface area (Å²) in [6, 6.07) is 13.7. The molecule has 0 aliphatic rings. The Kier molecular flexibility index (Phi) is 4.38. The van der Waals surface area contributed by atoms with Gasteiger partial charge in [0.15, 0.2) is 6.79 Å². The average Bonchev–Trinajstić information content (AvgIpc) is 2.48. The fraction of sp³-hybridized carbons (Fsp3) is 0.0625. The van der Waals surface area contributed by atoms with Crippen molar-refractivity contribution in [3.8, 4) is 18.1 Å². The van der Waals surface area contributed by atoms with Crippen LogP contribution in [0.3, 0.4) is 0 Å². The largest absolute Gasteiger partial charge is 0.467 e. The summed E-state index contributed by atoms with van der Waals surface area (Å²) in [4.78, 5) is 12.2. The zero-order valence-corrected chi connectivity index (χ0v) is 10.7. The van der Waals surface area contributed by atoms with Gasteiger partial charge in [0.25, 0.3) is 5.91 Å². The molecule has 20 heavy (non-hydrogen) atoms. The van der Waals surface area contributed by atoms with Gasteiger partial charge in [-0.3, -0.25) is 4.79 Å². The lowest BCUT2D eigenvalue weighted by atomic mass is 10.1. The molecule has 2 rings (SSSR count). The summed E-state index contributed by atoms with van der Waals surface area (Å²) in [5, 5.41) is 11.5. The number of para-hydroxylation sites is 1. The Morgan fingerprint density at radius 1 is 1.25 bits per heavy atom. The Morgan fingerprint density at radius 3 is 2.80 bits per heavy atom. The van der Waals surface area contributed by atoms with Crippen LogP contribution in [0.25, 0.3) is 0 Å². The fourth-order valence-electron chi connectivity index (χ4n) is 1.73. The van der Waals surface area contributed by atoms with Crippen LogP contribution in [0, 0.1) is 12.3 Å². The highest BCUT2D eigenvalue weighted by Crippen LogP contribution is 2.19. The third-order valence-electron chi connectivity index (χ3n) is 2.64. The minimum absolute atomic E-state index is 0.320. The van der Waals surface area contributed by atoms with Gasteiger partial charge in [0, 0.05) is 11.3 Å². The number of benzene rings is 2. The number of rotatable bonds is 4. The minimum atomic E-state index is -0.489. The van der Waals surface area contributed by atoms with Crippen molar-refractivity contribution in [2.45, 2.75) is 0 Å². The molecule has 2 N–H and O–H groups in total. The van der Waals surface area contributed by atoms with Crippen LogP contribution in [0.5, 0.6) is 5.75 Å². The molecule has 0 aliphatic heterocycles. The molecule has 0 saturated heterocycles. The van der Waals surface area contributed by atoms with Gasteiger partial charge in [-0.15, -0.1) is 6.42 Å². The normalized spacial score (nSPS) is 9.60. The van der Waals surface area contributed by atoms with Gasteiger partial charge in [0.2, 0.25) is 0 Å². The Hall–Kier alpha value is -2.77. The molecule has 0 saturated carbocycles. The molecule has 0 unspecified atom stereocenters. The van der Waals surface area contributed by atoms with E-state index in [-0.39, 0.29) is 5.91 Å². The van der Waals surface area contributed by atoms with Crippen molar-refractivity contribution in [1.29, 1.82) is 0 Å². The summed E-state index contributed by atoms with van der Waals surface area (Å²) in [6.07, 6.45) is 5.31. The molecule has 0 atom stereocenters. The number of carbonyl (C=O) groups is 1. The summed E-state index contributed by atoms with van der Waals surface area (Å²) in [7, 11) is 0. The Morgan fingerprint density at radius 2 is 2.05 bits per heavy atom. The average molecular weight is 267 g/mol. The predicted molar refractivity (Wildman–Crippen MR) is 76.5 cm³/mol. The van der Waals surface area contributed by atoms with Crippen LogP contribution in [0.15, 0.2) is 48.5 Å². The highest BCUT2D eigenvalue weighted by Gasteiger charge is 2.12. The van der Waals surface area contributed by atoms with E-state index in [0.29, 0.717) is 22.6 Å². The second-order valence-electron chi connectivity index (χ2n) is 3.95. The van der Waals surface area contributed by atoms with Crippen molar-refractivity contribution >= 4 is 11.6 Å². The number of nitrogens with one attached hydrogen (secondary N) is 1. The second-order valence-corrected chi connectivity index (χ2v) is 3.95. The fourth-order valence-corrected chi connectivity index (χ4v) is 1.73. The van der Waals surface area contributed by atoms with Crippen molar-refractivity contribution in [3.63, 3.8) is 0 Å². The number of amides is 1. The van der Waals surface area contributed by atoms with Crippen molar-refractivity contribution in [3.05, 3.63) is 59.7 Å². The lowest BCUT2D eigenvalue weighted by Gasteiger charge is -2.10. The first-order valence-corrected chi connectivity index (χ1v) is 5.95. The predicted octanol–water partition coefficient (Wildman–Crippen LogP) is 2.25. The van der Waals surface area contributed by atoms with Gasteiger partial charge >= 0.3 is 0 Å². The summed E-state index contributed by atoms with van der Waals surface area (Å²) >= 11 is 0. The Bertz CT molecular complexity index is 659. The molecule has 4 nitrogen and oxygen atoms in total. The number of aliphatic hydroxyl groups is 1. The van der Waals surface area contributed by atoms with Crippen LogP contribution in [-0.2, 0) is 0 Å². The minimum Gasteiger partial charge on any atom is -0.467 e. The molecule has 0 aliphatic carbocycles. The van der Waals surface area contributed by atoms with E-state index >= 15 is 0 Å². The van der Waals surface area contributed by atoms with E-state index in [4.69, 9.17) is 16.3 Å². The van der Waals surface area contributed by atoms with E-state index in [9.17, 15) is 4.79 Å². The molecule has 0 radical (unpaired) electrons. The molecule has 0 fully saturated rings. The van der Waals surface area contributed by atoms with Crippen LogP contribution < -0.4 is 10.1 Å². The zero-order chi connectivity index (χ0) is 14.4. The Labute approximate surface area is 117 Å². The summed E-state index contributed by atoms with van der Waals surface area (Å²) < 4.78 is 5.00. The first-order chi connectivity index (χ1) is 9.74. The van der Waals surface area contributed by atoms with E-state index in [1.807, 2.05) is 0 Å². The molecular formula is C16H13NO3. The van der Waals surface area contributed by atoms with Gasteiger partial charge in [0.1, 0.15) is 5.75 Å². The smallest absolute Gasteiger partial charge is 0.259 e. The van der Waals surface area contributed by atoms with Gasteiger partial charge < -0.3 is 15.2 Å².